The van der Waals surface area contributed by atoms with Crippen LogP contribution in [0.4, 0.5) is 4.39 Å². The number of hydrazine groups is 1. The lowest BCUT2D eigenvalue weighted by molar-refractivity contribution is 0.0612. The number of nitriles is 1. The number of aromatic nitrogens is 1. The average molecular weight is 284 g/mol. The molecule has 0 aliphatic rings. The Morgan fingerprint density at radius 2 is 1.86 bits per heavy atom. The fraction of sp³-hybridized carbons (Fsp3) is 0. The molecule has 2 aromatic rings. The van der Waals surface area contributed by atoms with Crippen LogP contribution in [0.15, 0.2) is 42.6 Å². The SMILES string of the molecule is N#Cc1ccc(C(=O)N(N)C(=O)c2cccnc2F)cc1. The topological polar surface area (TPSA) is 100 Å². The summed E-state index contributed by atoms with van der Waals surface area (Å²) in [6, 6.07) is 9.97. The number of rotatable bonds is 2. The molecule has 1 aromatic heterocycles. The molecule has 2 N–H and O–H groups in total. The average Bonchev–Trinajstić information content (AvgIpc) is 2.53. The molecule has 0 saturated heterocycles. The Labute approximate surface area is 119 Å². The molecule has 7 heteroatoms. The minimum absolute atomic E-state index is 0.106. The summed E-state index contributed by atoms with van der Waals surface area (Å²) in [5.41, 5.74) is 0.0656. The van der Waals surface area contributed by atoms with Crippen molar-refractivity contribution in [2.75, 3.05) is 0 Å². The molecule has 1 aromatic carbocycles. The normalized spacial score (nSPS) is 9.76. The molecule has 21 heavy (non-hydrogen) atoms. The molecular formula is C14H9FN4O2. The number of imide groups is 1. The predicted molar refractivity (Wildman–Crippen MR) is 70.0 cm³/mol. The van der Waals surface area contributed by atoms with Gasteiger partial charge in [-0.1, -0.05) is 0 Å². The number of benzene rings is 1. The van der Waals surface area contributed by atoms with Crippen molar-refractivity contribution in [3.63, 3.8) is 0 Å². The molecule has 0 bridgehead atoms. The van der Waals surface area contributed by atoms with Crippen molar-refractivity contribution in [1.29, 1.82) is 5.26 Å². The molecule has 6 nitrogen and oxygen atoms in total. The first-order valence-electron chi connectivity index (χ1n) is 5.78. The molecule has 0 saturated carbocycles. The van der Waals surface area contributed by atoms with E-state index in [4.69, 9.17) is 11.1 Å². The zero-order valence-electron chi connectivity index (χ0n) is 10.7. The van der Waals surface area contributed by atoms with Crippen LogP contribution in [0.3, 0.4) is 0 Å². The summed E-state index contributed by atoms with van der Waals surface area (Å²) in [6.45, 7) is 0. The van der Waals surface area contributed by atoms with E-state index in [-0.39, 0.29) is 5.56 Å². The molecule has 2 rings (SSSR count). The Balaban J connectivity index is 2.25. The van der Waals surface area contributed by atoms with Gasteiger partial charge in [0.15, 0.2) is 0 Å². The summed E-state index contributed by atoms with van der Waals surface area (Å²) in [4.78, 5) is 27.3. The van der Waals surface area contributed by atoms with Crippen LogP contribution >= 0.6 is 0 Å². The molecule has 1 heterocycles. The van der Waals surface area contributed by atoms with Crippen LogP contribution in [0.2, 0.25) is 0 Å². The maximum Gasteiger partial charge on any atom is 0.279 e. The van der Waals surface area contributed by atoms with Crippen molar-refractivity contribution in [3.8, 4) is 6.07 Å². The number of hydrogen-bond donors (Lipinski definition) is 1. The Morgan fingerprint density at radius 1 is 1.19 bits per heavy atom. The highest BCUT2D eigenvalue weighted by molar-refractivity contribution is 6.09. The lowest BCUT2D eigenvalue weighted by atomic mass is 10.1. The van der Waals surface area contributed by atoms with Gasteiger partial charge in [0, 0.05) is 11.8 Å². The third-order valence-corrected chi connectivity index (χ3v) is 2.69. The predicted octanol–water partition coefficient (Wildman–Crippen LogP) is 1.25. The summed E-state index contributed by atoms with van der Waals surface area (Å²) < 4.78 is 13.4. The van der Waals surface area contributed by atoms with E-state index in [1.54, 1.807) is 0 Å². The van der Waals surface area contributed by atoms with Gasteiger partial charge in [-0.3, -0.25) is 9.59 Å². The van der Waals surface area contributed by atoms with E-state index in [2.05, 4.69) is 4.98 Å². The van der Waals surface area contributed by atoms with E-state index < -0.39 is 23.3 Å². The van der Waals surface area contributed by atoms with Crippen molar-refractivity contribution >= 4 is 11.8 Å². The molecule has 0 spiro atoms. The molecule has 0 aliphatic carbocycles. The van der Waals surface area contributed by atoms with Gasteiger partial charge in [-0.15, -0.1) is 0 Å². The van der Waals surface area contributed by atoms with E-state index in [1.165, 1.54) is 42.6 Å². The first-order valence-corrected chi connectivity index (χ1v) is 5.78. The van der Waals surface area contributed by atoms with Gasteiger partial charge in [0.25, 0.3) is 11.8 Å². The number of carbonyl (C=O) groups is 2. The summed E-state index contributed by atoms with van der Waals surface area (Å²) in [6.07, 6.45) is 1.18. The molecule has 2 amide bonds. The number of nitrogens with zero attached hydrogens (tertiary/aromatic N) is 3. The van der Waals surface area contributed by atoms with Gasteiger partial charge in [-0.2, -0.15) is 9.65 Å². The standard InChI is InChI=1S/C14H9FN4O2/c15-12-11(2-1-7-18-12)14(21)19(17)13(20)10-5-3-9(8-16)4-6-10/h1-7H,17H2. The summed E-state index contributed by atoms with van der Waals surface area (Å²) >= 11 is 0. The largest absolute Gasteiger partial charge is 0.279 e. The lowest BCUT2D eigenvalue weighted by Gasteiger charge is -2.14. The van der Waals surface area contributed by atoms with E-state index in [0.29, 0.717) is 10.6 Å². The minimum Gasteiger partial charge on any atom is -0.267 e. The molecule has 0 atom stereocenters. The second-order valence-corrected chi connectivity index (χ2v) is 4.01. The highest BCUT2D eigenvalue weighted by atomic mass is 19.1. The van der Waals surface area contributed by atoms with Crippen molar-refractivity contribution < 1.29 is 14.0 Å². The maximum atomic E-state index is 13.4. The quantitative estimate of drug-likeness (QED) is 0.294. The Morgan fingerprint density at radius 3 is 2.43 bits per heavy atom. The molecule has 104 valence electrons. The minimum atomic E-state index is -1.01. The van der Waals surface area contributed by atoms with Crippen molar-refractivity contribution in [2.24, 2.45) is 5.84 Å². The highest BCUT2D eigenvalue weighted by Gasteiger charge is 2.23. The number of pyridine rings is 1. The molecule has 0 fully saturated rings. The fourth-order valence-electron chi connectivity index (χ4n) is 1.59. The Bertz CT molecular complexity index is 737. The third-order valence-electron chi connectivity index (χ3n) is 2.69. The number of amides is 2. The highest BCUT2D eigenvalue weighted by Crippen LogP contribution is 2.10. The van der Waals surface area contributed by atoms with Gasteiger partial charge in [0.2, 0.25) is 5.95 Å². The van der Waals surface area contributed by atoms with Gasteiger partial charge >= 0.3 is 0 Å². The van der Waals surface area contributed by atoms with E-state index in [9.17, 15) is 14.0 Å². The van der Waals surface area contributed by atoms with E-state index in [0.717, 1.165) is 0 Å². The summed E-state index contributed by atoms with van der Waals surface area (Å²) in [7, 11) is 0. The van der Waals surface area contributed by atoms with Crippen LogP contribution in [0.25, 0.3) is 0 Å². The first kappa shape index (κ1) is 14.3. The monoisotopic (exact) mass is 284 g/mol. The Hall–Kier alpha value is -3.11. The molecule has 0 radical (unpaired) electrons. The molecule has 0 aliphatic heterocycles. The lowest BCUT2D eigenvalue weighted by Crippen LogP contribution is -2.43. The van der Waals surface area contributed by atoms with Crippen LogP contribution < -0.4 is 5.84 Å². The zero-order valence-corrected chi connectivity index (χ0v) is 10.7. The fourth-order valence-corrected chi connectivity index (χ4v) is 1.59. The molecular weight excluding hydrogens is 275 g/mol. The van der Waals surface area contributed by atoms with Gasteiger partial charge < -0.3 is 0 Å². The van der Waals surface area contributed by atoms with Crippen LogP contribution in [0.5, 0.6) is 0 Å². The van der Waals surface area contributed by atoms with Gasteiger partial charge in [-0.25, -0.2) is 15.8 Å². The molecule has 0 unspecified atom stereocenters. The number of nitrogens with two attached hydrogens (primary N) is 1. The van der Waals surface area contributed by atoms with Gasteiger partial charge in [-0.05, 0) is 36.4 Å². The summed E-state index contributed by atoms with van der Waals surface area (Å²) in [5, 5.41) is 8.98. The van der Waals surface area contributed by atoms with Gasteiger partial charge in [0.1, 0.15) is 0 Å². The first-order chi connectivity index (χ1) is 10.0. The third kappa shape index (κ3) is 2.91. The van der Waals surface area contributed by atoms with Crippen molar-refractivity contribution in [1.82, 2.24) is 9.99 Å². The van der Waals surface area contributed by atoms with E-state index in [1.807, 2.05) is 6.07 Å². The van der Waals surface area contributed by atoms with Gasteiger partial charge in [0.05, 0.1) is 17.2 Å². The number of halogens is 1. The van der Waals surface area contributed by atoms with E-state index >= 15 is 0 Å². The van der Waals surface area contributed by atoms with Crippen LogP contribution in [-0.2, 0) is 0 Å². The second-order valence-electron chi connectivity index (χ2n) is 4.01. The Kier molecular flexibility index (Phi) is 4.02. The summed E-state index contributed by atoms with van der Waals surface area (Å²) in [5.74, 6) is 2.61. The van der Waals surface area contributed by atoms with Crippen LogP contribution in [0.1, 0.15) is 26.3 Å². The zero-order chi connectivity index (χ0) is 15.4. The smallest absolute Gasteiger partial charge is 0.267 e. The van der Waals surface area contributed by atoms with Crippen molar-refractivity contribution in [2.45, 2.75) is 0 Å². The number of carbonyl (C=O) groups excluding carboxylic acids is 2. The van der Waals surface area contributed by atoms with Crippen LogP contribution in [-0.4, -0.2) is 21.8 Å². The van der Waals surface area contributed by atoms with Crippen molar-refractivity contribution in [3.05, 3.63) is 65.2 Å². The maximum absolute atomic E-state index is 13.4. The number of hydrogen-bond acceptors (Lipinski definition) is 5. The second kappa shape index (κ2) is 5.90. The van der Waals surface area contributed by atoms with Crippen LogP contribution in [0, 0.1) is 17.3 Å².